The summed E-state index contributed by atoms with van der Waals surface area (Å²) in [6, 6.07) is 14.2. The standard InChI is InChI=1S/C28H33NO4S/c1-17-8-9-21(28(3,4)5)15-25(17)34-26-11-10-22(33-26)27(30)29-16-20-14-24(32-7)23(31-6)13-19(20)12-18(29)2/h8-11,13-15,18H,12,16H2,1-7H3. The van der Waals surface area contributed by atoms with E-state index >= 15 is 0 Å². The normalized spacial score (nSPS) is 15.7. The fourth-order valence-electron chi connectivity index (χ4n) is 4.26. The summed E-state index contributed by atoms with van der Waals surface area (Å²) in [5.41, 5.74) is 4.78. The van der Waals surface area contributed by atoms with Gasteiger partial charge in [-0.3, -0.25) is 4.79 Å². The van der Waals surface area contributed by atoms with E-state index in [1.165, 1.54) is 16.7 Å². The maximum Gasteiger partial charge on any atom is 0.290 e. The topological polar surface area (TPSA) is 51.9 Å². The number of fused-ring (bicyclic) bond motifs is 1. The van der Waals surface area contributed by atoms with Crippen molar-refractivity contribution in [2.75, 3.05) is 14.2 Å². The molecule has 1 unspecified atom stereocenters. The Hall–Kier alpha value is -2.86. The van der Waals surface area contributed by atoms with Gasteiger partial charge in [0.05, 0.1) is 14.2 Å². The van der Waals surface area contributed by atoms with Gasteiger partial charge in [0.15, 0.2) is 22.4 Å². The molecule has 1 atom stereocenters. The van der Waals surface area contributed by atoms with Gasteiger partial charge < -0.3 is 18.8 Å². The molecule has 0 saturated heterocycles. The zero-order valence-corrected chi connectivity index (χ0v) is 21.8. The predicted molar refractivity (Wildman–Crippen MR) is 135 cm³/mol. The van der Waals surface area contributed by atoms with E-state index in [4.69, 9.17) is 13.9 Å². The minimum atomic E-state index is -0.0973. The van der Waals surface area contributed by atoms with E-state index in [1.807, 2.05) is 23.1 Å². The van der Waals surface area contributed by atoms with Crippen LogP contribution in [0.2, 0.25) is 0 Å². The average Bonchev–Trinajstić information content (AvgIpc) is 3.26. The Labute approximate surface area is 206 Å². The van der Waals surface area contributed by atoms with Crippen molar-refractivity contribution in [2.24, 2.45) is 0 Å². The zero-order chi connectivity index (χ0) is 24.6. The van der Waals surface area contributed by atoms with E-state index in [0.29, 0.717) is 28.9 Å². The third-order valence-corrected chi connectivity index (χ3v) is 7.49. The van der Waals surface area contributed by atoms with E-state index in [0.717, 1.165) is 16.9 Å². The number of benzene rings is 2. The molecule has 0 N–H and O–H groups in total. The number of ether oxygens (including phenoxy) is 2. The van der Waals surface area contributed by atoms with Gasteiger partial charge in [-0.15, -0.1) is 0 Å². The van der Waals surface area contributed by atoms with Crippen molar-refractivity contribution in [1.82, 2.24) is 4.90 Å². The largest absolute Gasteiger partial charge is 0.493 e. The molecule has 34 heavy (non-hydrogen) atoms. The first-order valence-corrected chi connectivity index (χ1v) is 12.4. The molecular weight excluding hydrogens is 446 g/mol. The van der Waals surface area contributed by atoms with Crippen LogP contribution >= 0.6 is 11.8 Å². The van der Waals surface area contributed by atoms with Crippen LogP contribution in [0.25, 0.3) is 0 Å². The number of nitrogens with zero attached hydrogens (tertiary/aromatic N) is 1. The molecule has 0 aliphatic carbocycles. The van der Waals surface area contributed by atoms with Crippen LogP contribution in [0.1, 0.15) is 60.5 Å². The third kappa shape index (κ3) is 4.83. The first kappa shape index (κ1) is 24.3. The first-order valence-electron chi connectivity index (χ1n) is 11.5. The van der Waals surface area contributed by atoms with Crippen molar-refractivity contribution < 1.29 is 18.7 Å². The molecule has 2 heterocycles. The van der Waals surface area contributed by atoms with Gasteiger partial charge in [-0.1, -0.05) is 44.7 Å². The SMILES string of the molecule is COc1cc2c(cc1OC)CN(C(=O)c1ccc(Sc3cc(C(C)(C)C)ccc3C)o1)C(C)C2. The first-order chi connectivity index (χ1) is 16.1. The average molecular weight is 480 g/mol. The van der Waals surface area contributed by atoms with E-state index in [9.17, 15) is 4.79 Å². The van der Waals surface area contributed by atoms with E-state index < -0.39 is 0 Å². The van der Waals surface area contributed by atoms with Crippen LogP contribution in [0, 0.1) is 6.92 Å². The Balaban J connectivity index is 1.54. The van der Waals surface area contributed by atoms with Crippen LogP contribution in [-0.4, -0.2) is 31.1 Å². The van der Waals surface area contributed by atoms with Crippen LogP contribution in [0.5, 0.6) is 11.5 Å². The third-order valence-electron chi connectivity index (χ3n) is 6.41. The number of furan rings is 1. The Morgan fingerprint density at radius 1 is 1.03 bits per heavy atom. The van der Waals surface area contributed by atoms with Crippen molar-refractivity contribution in [3.8, 4) is 11.5 Å². The number of rotatable bonds is 5. The van der Waals surface area contributed by atoms with E-state index in [1.54, 1.807) is 32.0 Å². The highest BCUT2D eigenvalue weighted by atomic mass is 32.2. The Morgan fingerprint density at radius 2 is 1.71 bits per heavy atom. The van der Waals surface area contributed by atoms with Crippen LogP contribution in [0.15, 0.2) is 56.9 Å². The molecule has 1 amide bonds. The highest BCUT2D eigenvalue weighted by Crippen LogP contribution is 2.37. The summed E-state index contributed by atoms with van der Waals surface area (Å²) in [6.45, 7) is 11.3. The number of methoxy groups -OCH3 is 2. The summed E-state index contributed by atoms with van der Waals surface area (Å²) in [5, 5.41) is 0.717. The second-order valence-electron chi connectivity index (χ2n) is 9.91. The molecule has 1 aliphatic rings. The number of aryl methyl sites for hydroxylation is 1. The maximum atomic E-state index is 13.4. The molecular formula is C28H33NO4S. The summed E-state index contributed by atoms with van der Waals surface area (Å²) in [6.07, 6.45) is 0.753. The number of carbonyl (C=O) groups is 1. The van der Waals surface area contributed by atoms with Gasteiger partial charge in [0.1, 0.15) is 0 Å². The lowest BCUT2D eigenvalue weighted by molar-refractivity contribution is 0.0619. The molecule has 4 rings (SSSR count). The summed E-state index contributed by atoms with van der Waals surface area (Å²) in [5.74, 6) is 1.65. The number of amides is 1. The fourth-order valence-corrected chi connectivity index (χ4v) is 5.16. The number of hydrogen-bond donors (Lipinski definition) is 0. The molecule has 180 valence electrons. The molecule has 0 spiro atoms. The number of hydrogen-bond acceptors (Lipinski definition) is 5. The molecule has 6 heteroatoms. The van der Waals surface area contributed by atoms with Crippen molar-refractivity contribution in [1.29, 1.82) is 0 Å². The summed E-state index contributed by atoms with van der Waals surface area (Å²) >= 11 is 1.56. The van der Waals surface area contributed by atoms with E-state index in [-0.39, 0.29) is 17.4 Å². The molecule has 0 bridgehead atoms. The summed E-state index contributed by atoms with van der Waals surface area (Å²) in [4.78, 5) is 16.4. The molecule has 0 saturated carbocycles. The quantitative estimate of drug-likeness (QED) is 0.410. The van der Waals surface area contributed by atoms with Crippen LogP contribution in [0.3, 0.4) is 0 Å². The minimum Gasteiger partial charge on any atom is -0.493 e. The van der Waals surface area contributed by atoms with Gasteiger partial charge in [-0.05, 0) is 78.3 Å². The van der Waals surface area contributed by atoms with Crippen molar-refractivity contribution in [2.45, 2.75) is 69.0 Å². The monoisotopic (exact) mass is 479 g/mol. The van der Waals surface area contributed by atoms with Crippen LogP contribution in [0.4, 0.5) is 0 Å². The van der Waals surface area contributed by atoms with Gasteiger partial charge in [0.25, 0.3) is 5.91 Å². The lowest BCUT2D eigenvalue weighted by Gasteiger charge is -2.34. The second-order valence-corrected chi connectivity index (χ2v) is 11.0. The zero-order valence-electron chi connectivity index (χ0n) is 21.0. The minimum absolute atomic E-state index is 0.0463. The molecule has 1 aromatic heterocycles. The Bertz CT molecular complexity index is 1210. The highest BCUT2D eigenvalue weighted by Gasteiger charge is 2.30. The second kappa shape index (κ2) is 9.41. The van der Waals surface area contributed by atoms with Gasteiger partial charge in [-0.25, -0.2) is 0 Å². The van der Waals surface area contributed by atoms with E-state index in [2.05, 4.69) is 52.8 Å². The summed E-state index contributed by atoms with van der Waals surface area (Å²) < 4.78 is 16.9. The van der Waals surface area contributed by atoms with Crippen molar-refractivity contribution in [3.63, 3.8) is 0 Å². The molecule has 1 aliphatic heterocycles. The number of carbonyl (C=O) groups excluding carboxylic acids is 1. The highest BCUT2D eigenvalue weighted by molar-refractivity contribution is 7.99. The van der Waals surface area contributed by atoms with Crippen LogP contribution < -0.4 is 9.47 Å². The smallest absolute Gasteiger partial charge is 0.290 e. The lowest BCUT2D eigenvalue weighted by atomic mass is 9.87. The molecule has 5 nitrogen and oxygen atoms in total. The predicted octanol–water partition coefficient (Wildman–Crippen LogP) is 6.64. The molecule has 0 radical (unpaired) electrons. The Morgan fingerprint density at radius 3 is 2.35 bits per heavy atom. The molecule has 3 aromatic rings. The Kier molecular flexibility index (Phi) is 6.72. The molecule has 2 aromatic carbocycles. The van der Waals surface area contributed by atoms with Gasteiger partial charge in [0.2, 0.25) is 0 Å². The van der Waals surface area contributed by atoms with Gasteiger partial charge in [-0.2, -0.15) is 0 Å². The lowest BCUT2D eigenvalue weighted by Crippen LogP contribution is -2.42. The molecule has 0 fully saturated rings. The van der Waals surface area contributed by atoms with Crippen molar-refractivity contribution in [3.05, 3.63) is 70.5 Å². The van der Waals surface area contributed by atoms with Crippen molar-refractivity contribution >= 4 is 17.7 Å². The maximum absolute atomic E-state index is 13.4. The van der Waals surface area contributed by atoms with Gasteiger partial charge >= 0.3 is 0 Å². The van der Waals surface area contributed by atoms with Gasteiger partial charge in [0, 0.05) is 17.5 Å². The fraction of sp³-hybridized carbons (Fsp3) is 0.393. The van der Waals surface area contributed by atoms with Crippen LogP contribution in [-0.2, 0) is 18.4 Å². The summed E-state index contributed by atoms with van der Waals surface area (Å²) in [7, 11) is 3.26.